The second-order valence-corrected chi connectivity index (χ2v) is 7.05. The zero-order valence-corrected chi connectivity index (χ0v) is 16.3. The van der Waals surface area contributed by atoms with Crippen LogP contribution in [0.15, 0.2) is 83.0 Å². The van der Waals surface area contributed by atoms with E-state index in [4.69, 9.17) is 10.5 Å². The van der Waals surface area contributed by atoms with E-state index in [0.29, 0.717) is 22.2 Å². The Morgan fingerprint density at radius 3 is 2.41 bits per heavy atom. The van der Waals surface area contributed by atoms with Crippen LogP contribution < -0.4 is 10.5 Å². The molecule has 0 aliphatic rings. The standard InChI is InChI=1S/C22H19F2N3OS/c23-19-9-6-16(7-10-19)14-28-21-12-20(24)11-8-18(21)13-26-27-22(25)29-15-17-4-2-1-3-5-17/h1-13H,14-15H2,(H2,25,27). The Balaban J connectivity index is 1.62. The minimum absolute atomic E-state index is 0.170. The van der Waals surface area contributed by atoms with Gasteiger partial charge in [-0.2, -0.15) is 5.10 Å². The van der Waals surface area contributed by atoms with Gasteiger partial charge in [-0.05, 0) is 35.4 Å². The molecule has 0 radical (unpaired) electrons. The molecule has 0 spiro atoms. The van der Waals surface area contributed by atoms with Gasteiger partial charge < -0.3 is 10.5 Å². The fourth-order valence-corrected chi connectivity index (χ4v) is 3.00. The van der Waals surface area contributed by atoms with Crippen molar-refractivity contribution in [2.45, 2.75) is 12.4 Å². The maximum Gasteiger partial charge on any atom is 0.180 e. The van der Waals surface area contributed by atoms with E-state index in [1.54, 1.807) is 18.2 Å². The third-order valence-corrected chi connectivity index (χ3v) is 4.72. The van der Waals surface area contributed by atoms with Gasteiger partial charge in [0.2, 0.25) is 0 Å². The number of hydrogen-bond acceptors (Lipinski definition) is 4. The summed E-state index contributed by atoms with van der Waals surface area (Å²) in [5, 5.41) is 8.26. The Morgan fingerprint density at radius 2 is 1.66 bits per heavy atom. The number of halogens is 2. The van der Waals surface area contributed by atoms with Crippen molar-refractivity contribution in [1.29, 1.82) is 0 Å². The lowest BCUT2D eigenvalue weighted by Gasteiger charge is -2.09. The van der Waals surface area contributed by atoms with Crippen LogP contribution in [0, 0.1) is 11.6 Å². The first-order valence-corrected chi connectivity index (χ1v) is 9.79. The molecule has 3 aromatic rings. The van der Waals surface area contributed by atoms with Crippen LogP contribution in [-0.4, -0.2) is 11.4 Å². The van der Waals surface area contributed by atoms with E-state index >= 15 is 0 Å². The summed E-state index contributed by atoms with van der Waals surface area (Å²) in [6.45, 7) is 0.170. The van der Waals surface area contributed by atoms with Crippen LogP contribution in [0.3, 0.4) is 0 Å². The molecule has 3 rings (SSSR count). The molecule has 0 atom stereocenters. The summed E-state index contributed by atoms with van der Waals surface area (Å²) in [4.78, 5) is 0. The Morgan fingerprint density at radius 1 is 0.931 bits per heavy atom. The molecule has 0 fully saturated rings. The van der Waals surface area contributed by atoms with Gasteiger partial charge in [0.1, 0.15) is 24.0 Å². The lowest BCUT2D eigenvalue weighted by atomic mass is 10.2. The van der Waals surface area contributed by atoms with Gasteiger partial charge in [-0.15, -0.1) is 5.10 Å². The number of benzene rings is 3. The predicted molar refractivity (Wildman–Crippen MR) is 114 cm³/mol. The van der Waals surface area contributed by atoms with E-state index in [-0.39, 0.29) is 12.4 Å². The van der Waals surface area contributed by atoms with E-state index in [1.165, 1.54) is 42.2 Å². The van der Waals surface area contributed by atoms with Gasteiger partial charge in [0, 0.05) is 17.4 Å². The third-order valence-electron chi connectivity index (χ3n) is 3.87. The molecule has 0 aliphatic carbocycles. The van der Waals surface area contributed by atoms with Gasteiger partial charge in [-0.25, -0.2) is 8.78 Å². The monoisotopic (exact) mass is 411 g/mol. The van der Waals surface area contributed by atoms with Crippen molar-refractivity contribution in [2.24, 2.45) is 15.9 Å². The molecule has 0 saturated heterocycles. The fourth-order valence-electron chi connectivity index (χ4n) is 2.39. The molecular weight excluding hydrogens is 392 g/mol. The summed E-state index contributed by atoms with van der Waals surface area (Å²) in [5.41, 5.74) is 8.32. The van der Waals surface area contributed by atoms with E-state index in [2.05, 4.69) is 10.2 Å². The molecule has 0 saturated carbocycles. The molecule has 0 bridgehead atoms. The van der Waals surface area contributed by atoms with Gasteiger partial charge in [0.25, 0.3) is 0 Å². The van der Waals surface area contributed by atoms with Crippen LogP contribution in [0.25, 0.3) is 0 Å². The van der Waals surface area contributed by atoms with E-state index in [1.807, 2.05) is 30.3 Å². The number of amidine groups is 1. The summed E-state index contributed by atoms with van der Waals surface area (Å²) >= 11 is 1.37. The molecule has 148 valence electrons. The summed E-state index contributed by atoms with van der Waals surface area (Å²) in [5.74, 6) is 0.239. The first-order chi connectivity index (χ1) is 14.1. The second kappa shape index (κ2) is 10.4. The van der Waals surface area contributed by atoms with E-state index < -0.39 is 5.82 Å². The molecule has 0 heterocycles. The number of nitrogens with two attached hydrogens (primary N) is 1. The van der Waals surface area contributed by atoms with Crippen LogP contribution in [0.5, 0.6) is 5.75 Å². The fraction of sp³-hybridized carbons (Fsp3) is 0.0909. The van der Waals surface area contributed by atoms with E-state index in [0.717, 1.165) is 11.1 Å². The highest BCUT2D eigenvalue weighted by atomic mass is 32.2. The Bertz CT molecular complexity index is 993. The predicted octanol–water partition coefficient (Wildman–Crippen LogP) is 5.13. The van der Waals surface area contributed by atoms with Gasteiger partial charge in [-0.3, -0.25) is 0 Å². The SMILES string of the molecule is NC(=NN=Cc1ccc(F)cc1OCc1ccc(F)cc1)SCc1ccccc1. The molecule has 4 nitrogen and oxygen atoms in total. The molecule has 0 amide bonds. The van der Waals surface area contributed by atoms with Gasteiger partial charge in [-0.1, -0.05) is 54.2 Å². The highest BCUT2D eigenvalue weighted by Crippen LogP contribution is 2.20. The summed E-state index contributed by atoms with van der Waals surface area (Å²) < 4.78 is 32.3. The topological polar surface area (TPSA) is 60.0 Å². The Labute approximate surface area is 172 Å². The van der Waals surface area contributed by atoms with E-state index in [9.17, 15) is 8.78 Å². The third kappa shape index (κ3) is 6.73. The van der Waals surface area contributed by atoms with Crippen LogP contribution in [0.1, 0.15) is 16.7 Å². The quantitative estimate of drug-likeness (QED) is 0.333. The summed E-state index contributed by atoms with van der Waals surface area (Å²) in [6, 6.07) is 19.9. The van der Waals surface area contributed by atoms with Crippen molar-refractivity contribution < 1.29 is 13.5 Å². The zero-order chi connectivity index (χ0) is 20.5. The molecule has 2 N–H and O–H groups in total. The minimum Gasteiger partial charge on any atom is -0.488 e. The Kier molecular flexibility index (Phi) is 7.35. The second-order valence-electron chi connectivity index (χ2n) is 6.05. The van der Waals surface area contributed by atoms with Crippen molar-refractivity contribution in [1.82, 2.24) is 0 Å². The highest BCUT2D eigenvalue weighted by molar-refractivity contribution is 8.13. The van der Waals surface area contributed by atoms with Gasteiger partial charge in [0.05, 0.1) is 6.21 Å². The average molecular weight is 411 g/mol. The van der Waals surface area contributed by atoms with Crippen LogP contribution in [-0.2, 0) is 12.4 Å². The van der Waals surface area contributed by atoms with Crippen LogP contribution in [0.4, 0.5) is 8.78 Å². The maximum atomic E-state index is 13.6. The normalized spacial score (nSPS) is 11.7. The highest BCUT2D eigenvalue weighted by Gasteiger charge is 2.05. The number of thioether (sulfide) groups is 1. The maximum absolute atomic E-state index is 13.6. The van der Waals surface area contributed by atoms with Crippen molar-refractivity contribution in [2.75, 3.05) is 0 Å². The lowest BCUT2D eigenvalue weighted by Crippen LogP contribution is -2.06. The lowest BCUT2D eigenvalue weighted by molar-refractivity contribution is 0.304. The average Bonchev–Trinajstić information content (AvgIpc) is 2.74. The zero-order valence-electron chi connectivity index (χ0n) is 15.5. The van der Waals surface area contributed by atoms with Gasteiger partial charge in [0.15, 0.2) is 5.17 Å². The van der Waals surface area contributed by atoms with Crippen molar-refractivity contribution in [3.05, 3.63) is 101 Å². The molecule has 0 unspecified atom stereocenters. The van der Waals surface area contributed by atoms with Crippen LogP contribution >= 0.6 is 11.8 Å². The molecule has 0 aliphatic heterocycles. The van der Waals surface area contributed by atoms with Gasteiger partial charge >= 0.3 is 0 Å². The number of nitrogens with zero attached hydrogens (tertiary/aromatic N) is 2. The summed E-state index contributed by atoms with van der Waals surface area (Å²) in [6.07, 6.45) is 1.45. The Hall–Kier alpha value is -3.19. The number of ether oxygens (including phenoxy) is 1. The smallest absolute Gasteiger partial charge is 0.180 e. The molecule has 29 heavy (non-hydrogen) atoms. The van der Waals surface area contributed by atoms with Crippen molar-refractivity contribution >= 4 is 23.1 Å². The number of hydrogen-bond donors (Lipinski definition) is 1. The van der Waals surface area contributed by atoms with Crippen molar-refractivity contribution in [3.63, 3.8) is 0 Å². The first-order valence-electron chi connectivity index (χ1n) is 8.80. The number of rotatable bonds is 7. The molecule has 7 heteroatoms. The first kappa shape index (κ1) is 20.5. The molecule has 0 aromatic heterocycles. The molecule has 3 aromatic carbocycles. The van der Waals surface area contributed by atoms with Crippen LogP contribution in [0.2, 0.25) is 0 Å². The van der Waals surface area contributed by atoms with Crippen molar-refractivity contribution in [3.8, 4) is 5.75 Å². The minimum atomic E-state index is -0.433. The largest absolute Gasteiger partial charge is 0.488 e. The molecular formula is C22H19F2N3OS. The summed E-state index contributed by atoms with van der Waals surface area (Å²) in [7, 11) is 0.